The monoisotopic (exact) mass is 254 g/mol. The van der Waals surface area contributed by atoms with Crippen molar-refractivity contribution in [1.29, 1.82) is 0 Å². The van der Waals surface area contributed by atoms with Gasteiger partial charge in [0.2, 0.25) is 0 Å². The Hall–Kier alpha value is -1.60. The Bertz CT molecular complexity index is 424. The van der Waals surface area contributed by atoms with E-state index >= 15 is 0 Å². The summed E-state index contributed by atoms with van der Waals surface area (Å²) in [6.45, 7) is 5.13. The Morgan fingerprint density at radius 3 is 1.74 bits per heavy atom. The predicted molar refractivity (Wildman–Crippen MR) is 80.4 cm³/mol. The molecular formula is C18H22O. The lowest BCUT2D eigenvalue weighted by Crippen LogP contribution is -2.20. The van der Waals surface area contributed by atoms with E-state index in [2.05, 4.69) is 74.5 Å². The number of rotatable bonds is 6. The van der Waals surface area contributed by atoms with Crippen molar-refractivity contribution in [2.45, 2.75) is 32.3 Å². The van der Waals surface area contributed by atoms with Gasteiger partial charge in [-0.15, -0.1) is 0 Å². The van der Waals surface area contributed by atoms with Crippen LogP contribution in [0, 0.1) is 0 Å². The molecule has 0 N–H and O–H groups in total. The minimum Gasteiger partial charge on any atom is -0.378 e. The molecule has 0 saturated heterocycles. The Morgan fingerprint density at radius 2 is 1.32 bits per heavy atom. The highest BCUT2D eigenvalue weighted by molar-refractivity contribution is 5.33. The Balaban J connectivity index is 2.29. The largest absolute Gasteiger partial charge is 0.378 e. The van der Waals surface area contributed by atoms with Gasteiger partial charge in [0.25, 0.3) is 0 Å². The molecule has 0 bridgehead atoms. The van der Waals surface area contributed by atoms with E-state index in [9.17, 15) is 0 Å². The van der Waals surface area contributed by atoms with E-state index in [4.69, 9.17) is 4.74 Å². The molecule has 0 spiro atoms. The van der Waals surface area contributed by atoms with Gasteiger partial charge in [0, 0.05) is 12.5 Å². The zero-order valence-electron chi connectivity index (χ0n) is 11.8. The fraction of sp³-hybridized carbons (Fsp3) is 0.333. The van der Waals surface area contributed by atoms with Gasteiger partial charge in [-0.2, -0.15) is 0 Å². The summed E-state index contributed by atoms with van der Waals surface area (Å²) in [5.41, 5.74) is 2.63. The normalized spacial score (nSPS) is 12.6. The molecule has 0 aliphatic carbocycles. The van der Waals surface area contributed by atoms with Crippen LogP contribution in [0.15, 0.2) is 60.7 Å². The minimum atomic E-state index is 0.185. The van der Waals surface area contributed by atoms with Crippen molar-refractivity contribution in [2.75, 3.05) is 6.61 Å². The quantitative estimate of drug-likeness (QED) is 0.730. The SMILES string of the molecule is CCCOC(C)C(c1ccccc1)c1ccccc1. The lowest BCUT2D eigenvalue weighted by molar-refractivity contribution is 0.0556. The first-order chi connectivity index (χ1) is 9.33. The topological polar surface area (TPSA) is 9.23 Å². The molecule has 2 aromatic rings. The van der Waals surface area contributed by atoms with Gasteiger partial charge in [0.05, 0.1) is 6.10 Å². The van der Waals surface area contributed by atoms with Crippen molar-refractivity contribution in [3.05, 3.63) is 71.8 Å². The molecular weight excluding hydrogens is 232 g/mol. The average molecular weight is 254 g/mol. The van der Waals surface area contributed by atoms with E-state index in [1.807, 2.05) is 0 Å². The maximum absolute atomic E-state index is 5.96. The van der Waals surface area contributed by atoms with Crippen LogP contribution in [0.3, 0.4) is 0 Å². The lowest BCUT2D eigenvalue weighted by Gasteiger charge is -2.25. The first-order valence-corrected chi connectivity index (χ1v) is 7.04. The number of hydrogen-bond donors (Lipinski definition) is 0. The summed E-state index contributed by atoms with van der Waals surface area (Å²) >= 11 is 0. The highest BCUT2D eigenvalue weighted by Crippen LogP contribution is 2.29. The second-order valence-electron chi connectivity index (χ2n) is 4.87. The van der Waals surface area contributed by atoms with E-state index in [1.165, 1.54) is 11.1 Å². The van der Waals surface area contributed by atoms with E-state index < -0.39 is 0 Å². The fourth-order valence-electron chi connectivity index (χ4n) is 2.46. The fourth-order valence-corrected chi connectivity index (χ4v) is 2.46. The van der Waals surface area contributed by atoms with Crippen LogP contribution < -0.4 is 0 Å². The van der Waals surface area contributed by atoms with Gasteiger partial charge in [-0.1, -0.05) is 67.6 Å². The summed E-state index contributed by atoms with van der Waals surface area (Å²) in [5.74, 6) is 0.300. The van der Waals surface area contributed by atoms with Crippen molar-refractivity contribution in [3.8, 4) is 0 Å². The number of ether oxygens (including phenoxy) is 1. The Morgan fingerprint density at radius 1 is 0.842 bits per heavy atom. The number of hydrogen-bond acceptors (Lipinski definition) is 1. The Kier molecular flexibility index (Phi) is 5.17. The van der Waals surface area contributed by atoms with E-state index in [0.717, 1.165) is 13.0 Å². The molecule has 0 aliphatic rings. The molecule has 0 heterocycles. The van der Waals surface area contributed by atoms with Crippen LogP contribution in [0.2, 0.25) is 0 Å². The van der Waals surface area contributed by atoms with Crippen LogP contribution in [0.1, 0.15) is 37.3 Å². The minimum absolute atomic E-state index is 0.185. The van der Waals surface area contributed by atoms with Crippen molar-refractivity contribution >= 4 is 0 Å². The summed E-state index contributed by atoms with van der Waals surface area (Å²) in [6.07, 6.45) is 1.24. The van der Waals surface area contributed by atoms with Gasteiger partial charge >= 0.3 is 0 Å². The van der Waals surface area contributed by atoms with E-state index in [-0.39, 0.29) is 6.10 Å². The second-order valence-corrected chi connectivity index (χ2v) is 4.87. The van der Waals surface area contributed by atoms with Crippen molar-refractivity contribution < 1.29 is 4.74 Å². The molecule has 2 rings (SSSR count). The predicted octanol–water partition coefficient (Wildman–Crippen LogP) is 4.63. The average Bonchev–Trinajstić information content (AvgIpc) is 2.47. The molecule has 0 radical (unpaired) electrons. The third kappa shape index (κ3) is 3.68. The van der Waals surface area contributed by atoms with Crippen LogP contribution in [-0.2, 0) is 4.74 Å². The molecule has 0 aliphatic heterocycles. The summed E-state index contributed by atoms with van der Waals surface area (Å²) in [4.78, 5) is 0. The maximum Gasteiger partial charge on any atom is 0.0656 e. The first kappa shape index (κ1) is 13.8. The van der Waals surface area contributed by atoms with Gasteiger partial charge in [0.15, 0.2) is 0 Å². The summed E-state index contributed by atoms with van der Waals surface area (Å²) in [5, 5.41) is 0. The zero-order valence-corrected chi connectivity index (χ0v) is 11.8. The van der Waals surface area contributed by atoms with Crippen molar-refractivity contribution in [2.24, 2.45) is 0 Å². The van der Waals surface area contributed by atoms with Crippen LogP contribution in [-0.4, -0.2) is 12.7 Å². The van der Waals surface area contributed by atoms with Crippen LogP contribution in [0.5, 0.6) is 0 Å². The molecule has 1 atom stereocenters. The van der Waals surface area contributed by atoms with Gasteiger partial charge in [-0.3, -0.25) is 0 Å². The standard InChI is InChI=1S/C18H22O/c1-3-14-19-15(2)18(16-10-6-4-7-11-16)17-12-8-5-9-13-17/h4-13,15,18H,3,14H2,1-2H3. The first-order valence-electron chi connectivity index (χ1n) is 7.04. The molecule has 0 saturated carbocycles. The van der Waals surface area contributed by atoms with Gasteiger partial charge in [-0.25, -0.2) is 0 Å². The van der Waals surface area contributed by atoms with E-state index in [1.54, 1.807) is 0 Å². The smallest absolute Gasteiger partial charge is 0.0656 e. The molecule has 1 heteroatoms. The van der Waals surface area contributed by atoms with Crippen LogP contribution in [0.25, 0.3) is 0 Å². The summed E-state index contributed by atoms with van der Waals surface area (Å²) in [7, 11) is 0. The highest BCUT2D eigenvalue weighted by Gasteiger charge is 2.21. The molecule has 0 fully saturated rings. The van der Waals surface area contributed by atoms with Crippen LogP contribution >= 0.6 is 0 Å². The molecule has 0 amide bonds. The zero-order chi connectivity index (χ0) is 13.5. The molecule has 1 unspecified atom stereocenters. The Labute approximate surface area is 116 Å². The van der Waals surface area contributed by atoms with Crippen molar-refractivity contribution in [1.82, 2.24) is 0 Å². The molecule has 2 aromatic carbocycles. The van der Waals surface area contributed by atoms with Gasteiger partial charge < -0.3 is 4.74 Å². The molecule has 1 nitrogen and oxygen atoms in total. The lowest BCUT2D eigenvalue weighted by atomic mass is 9.87. The third-order valence-corrected chi connectivity index (χ3v) is 3.37. The highest BCUT2D eigenvalue weighted by atomic mass is 16.5. The van der Waals surface area contributed by atoms with Crippen molar-refractivity contribution in [3.63, 3.8) is 0 Å². The maximum atomic E-state index is 5.96. The summed E-state index contributed by atoms with van der Waals surface area (Å²) < 4.78 is 5.96. The summed E-state index contributed by atoms with van der Waals surface area (Å²) in [6, 6.07) is 21.2. The molecule has 0 aromatic heterocycles. The second kappa shape index (κ2) is 7.10. The van der Waals surface area contributed by atoms with Crippen LogP contribution in [0.4, 0.5) is 0 Å². The molecule has 19 heavy (non-hydrogen) atoms. The van der Waals surface area contributed by atoms with Gasteiger partial charge in [0.1, 0.15) is 0 Å². The van der Waals surface area contributed by atoms with Gasteiger partial charge in [-0.05, 0) is 24.5 Å². The third-order valence-electron chi connectivity index (χ3n) is 3.37. The molecule has 100 valence electrons. The van der Waals surface area contributed by atoms with E-state index in [0.29, 0.717) is 5.92 Å². The number of benzene rings is 2.